The lowest BCUT2D eigenvalue weighted by atomic mass is 10.1. The quantitative estimate of drug-likeness (QED) is 0.852. The van der Waals surface area contributed by atoms with Crippen molar-refractivity contribution >= 4 is 20.9 Å². The number of aromatic nitrogens is 1. The molecule has 1 saturated heterocycles. The highest BCUT2D eigenvalue weighted by Gasteiger charge is 2.29. The van der Waals surface area contributed by atoms with Gasteiger partial charge < -0.3 is 0 Å². The van der Waals surface area contributed by atoms with Crippen molar-refractivity contribution in [1.29, 1.82) is 0 Å². The highest BCUT2D eigenvalue weighted by molar-refractivity contribution is 7.89. The average Bonchev–Trinajstić information content (AvgIpc) is 2.48. The zero-order valence-corrected chi connectivity index (χ0v) is 12.1. The van der Waals surface area contributed by atoms with Crippen molar-refractivity contribution in [2.75, 3.05) is 13.2 Å². The smallest absolute Gasteiger partial charge is 0.265 e. The number of hydrogen-bond acceptors (Lipinski definition) is 4. The Morgan fingerprint density at radius 3 is 2.85 bits per heavy atom. The number of fused-ring (bicyclic) bond motifs is 1. The molecule has 3 rings (SSSR count). The lowest BCUT2D eigenvalue weighted by Gasteiger charge is -2.25. The summed E-state index contributed by atoms with van der Waals surface area (Å²) < 4.78 is 26.5. The number of hydrogen-bond donors (Lipinski definition) is 0. The van der Waals surface area contributed by atoms with Crippen LogP contribution in [-0.4, -0.2) is 31.0 Å². The van der Waals surface area contributed by atoms with Gasteiger partial charge in [0.1, 0.15) is 0 Å². The first-order chi connectivity index (χ1) is 9.60. The SMILES string of the molecule is Cc1ccc(S(=O)(=O)N2CCCCO2)c2cccnc12. The zero-order valence-electron chi connectivity index (χ0n) is 11.2. The van der Waals surface area contributed by atoms with Gasteiger partial charge in [-0.1, -0.05) is 10.5 Å². The number of benzene rings is 1. The molecule has 0 aliphatic carbocycles. The van der Waals surface area contributed by atoms with Gasteiger partial charge in [0.05, 0.1) is 17.0 Å². The largest absolute Gasteiger partial charge is 0.284 e. The summed E-state index contributed by atoms with van der Waals surface area (Å²) in [6.07, 6.45) is 3.38. The van der Waals surface area contributed by atoms with Crippen molar-refractivity contribution in [3.63, 3.8) is 0 Å². The minimum atomic E-state index is -3.63. The van der Waals surface area contributed by atoms with Gasteiger partial charge in [0.15, 0.2) is 0 Å². The lowest BCUT2D eigenvalue weighted by molar-refractivity contribution is -0.108. The molecule has 20 heavy (non-hydrogen) atoms. The zero-order chi connectivity index (χ0) is 14.2. The molecule has 1 aliphatic rings. The fraction of sp³-hybridized carbons (Fsp3) is 0.357. The number of hydroxylamine groups is 1. The second kappa shape index (κ2) is 5.12. The van der Waals surface area contributed by atoms with Crippen LogP contribution >= 0.6 is 0 Å². The Balaban J connectivity index is 2.16. The molecule has 1 aromatic carbocycles. The molecule has 5 nitrogen and oxygen atoms in total. The number of rotatable bonds is 2. The van der Waals surface area contributed by atoms with Gasteiger partial charge in [-0.3, -0.25) is 9.82 Å². The fourth-order valence-electron chi connectivity index (χ4n) is 2.39. The van der Waals surface area contributed by atoms with E-state index in [1.807, 2.05) is 6.92 Å². The van der Waals surface area contributed by atoms with E-state index >= 15 is 0 Å². The van der Waals surface area contributed by atoms with Crippen LogP contribution in [0.25, 0.3) is 10.9 Å². The minimum absolute atomic E-state index is 0.258. The van der Waals surface area contributed by atoms with Crippen molar-refractivity contribution in [2.45, 2.75) is 24.7 Å². The van der Waals surface area contributed by atoms with Gasteiger partial charge in [-0.2, -0.15) is 0 Å². The molecule has 1 aromatic heterocycles. The van der Waals surface area contributed by atoms with Crippen molar-refractivity contribution in [1.82, 2.24) is 9.45 Å². The summed E-state index contributed by atoms with van der Waals surface area (Å²) in [6, 6.07) is 6.95. The van der Waals surface area contributed by atoms with E-state index in [1.165, 1.54) is 0 Å². The summed E-state index contributed by atoms with van der Waals surface area (Å²) in [4.78, 5) is 9.84. The topological polar surface area (TPSA) is 59.5 Å². The molecule has 6 heteroatoms. The molecule has 2 heterocycles. The van der Waals surface area contributed by atoms with Crippen molar-refractivity contribution in [2.24, 2.45) is 0 Å². The van der Waals surface area contributed by atoms with E-state index in [-0.39, 0.29) is 4.90 Å². The van der Waals surface area contributed by atoms with Crippen LogP contribution in [0.5, 0.6) is 0 Å². The average molecular weight is 292 g/mol. The molecule has 0 radical (unpaired) electrons. The Morgan fingerprint density at radius 1 is 1.25 bits per heavy atom. The monoisotopic (exact) mass is 292 g/mol. The summed E-state index contributed by atoms with van der Waals surface area (Å²) in [5, 5.41) is 0.640. The van der Waals surface area contributed by atoms with Crippen LogP contribution in [-0.2, 0) is 14.9 Å². The van der Waals surface area contributed by atoms with Crippen LogP contribution < -0.4 is 0 Å². The number of nitrogens with zero attached hydrogens (tertiary/aromatic N) is 2. The van der Waals surface area contributed by atoms with Gasteiger partial charge in [0.25, 0.3) is 10.0 Å². The molecule has 0 unspecified atom stereocenters. The Kier molecular flexibility index (Phi) is 3.45. The second-order valence-electron chi connectivity index (χ2n) is 4.85. The summed E-state index contributed by atoms with van der Waals surface area (Å²) in [5.41, 5.74) is 1.67. The third-order valence-electron chi connectivity index (χ3n) is 3.45. The third kappa shape index (κ3) is 2.19. The normalized spacial score (nSPS) is 17.4. The lowest BCUT2D eigenvalue weighted by Crippen LogP contribution is -2.35. The first-order valence-corrected chi connectivity index (χ1v) is 8.05. The number of sulfonamides is 1. The van der Waals surface area contributed by atoms with E-state index in [4.69, 9.17) is 4.84 Å². The highest BCUT2D eigenvalue weighted by Crippen LogP contribution is 2.28. The molecule has 1 aliphatic heterocycles. The summed E-state index contributed by atoms with van der Waals surface area (Å²) >= 11 is 0. The summed E-state index contributed by atoms with van der Waals surface area (Å²) in [7, 11) is -3.63. The Morgan fingerprint density at radius 2 is 2.10 bits per heavy atom. The van der Waals surface area contributed by atoms with Gasteiger partial charge in [-0.25, -0.2) is 8.42 Å². The maximum atomic E-state index is 12.7. The first kappa shape index (κ1) is 13.5. The Labute approximate surface area is 118 Å². The molecule has 0 saturated carbocycles. The molecule has 0 amide bonds. The first-order valence-electron chi connectivity index (χ1n) is 6.61. The predicted molar refractivity (Wildman–Crippen MR) is 75.6 cm³/mol. The standard InChI is InChI=1S/C14H16N2O3S/c1-11-6-7-13(12-5-4-8-15-14(11)12)20(17,18)16-9-2-3-10-19-16/h4-8H,2-3,9-10H2,1H3. The molecule has 0 bridgehead atoms. The molecule has 1 fully saturated rings. The predicted octanol–water partition coefficient (Wildman–Crippen LogP) is 2.26. The number of pyridine rings is 1. The Hall–Kier alpha value is -1.50. The molecular formula is C14H16N2O3S. The number of aryl methyl sites for hydroxylation is 1. The maximum absolute atomic E-state index is 12.7. The van der Waals surface area contributed by atoms with Gasteiger partial charge in [0.2, 0.25) is 0 Å². The molecule has 0 N–H and O–H groups in total. The summed E-state index contributed by atoms with van der Waals surface area (Å²) in [5.74, 6) is 0. The maximum Gasteiger partial charge on any atom is 0.265 e. The van der Waals surface area contributed by atoms with Crippen molar-refractivity contribution in [3.05, 3.63) is 36.0 Å². The molecule has 2 aromatic rings. The van der Waals surface area contributed by atoms with Crippen molar-refractivity contribution < 1.29 is 13.3 Å². The Bertz CT molecular complexity index is 737. The van der Waals surface area contributed by atoms with E-state index in [2.05, 4.69) is 4.98 Å². The second-order valence-corrected chi connectivity index (χ2v) is 6.65. The molecular weight excluding hydrogens is 276 g/mol. The van der Waals surface area contributed by atoms with E-state index in [1.54, 1.807) is 30.5 Å². The van der Waals surface area contributed by atoms with Gasteiger partial charge >= 0.3 is 0 Å². The van der Waals surface area contributed by atoms with E-state index in [0.29, 0.717) is 24.1 Å². The van der Waals surface area contributed by atoms with E-state index in [9.17, 15) is 8.42 Å². The van der Waals surface area contributed by atoms with Crippen LogP contribution in [0.15, 0.2) is 35.4 Å². The van der Waals surface area contributed by atoms with Crippen LogP contribution in [0.3, 0.4) is 0 Å². The van der Waals surface area contributed by atoms with Crippen molar-refractivity contribution in [3.8, 4) is 0 Å². The summed E-state index contributed by atoms with van der Waals surface area (Å²) in [6.45, 7) is 2.77. The molecule has 106 valence electrons. The van der Waals surface area contributed by atoms with E-state index < -0.39 is 10.0 Å². The van der Waals surface area contributed by atoms with Gasteiger partial charge in [-0.05, 0) is 43.5 Å². The van der Waals surface area contributed by atoms with E-state index in [0.717, 1.165) is 22.9 Å². The van der Waals surface area contributed by atoms with Gasteiger partial charge in [-0.15, -0.1) is 0 Å². The minimum Gasteiger partial charge on any atom is -0.284 e. The highest BCUT2D eigenvalue weighted by atomic mass is 32.2. The van der Waals surface area contributed by atoms with Crippen LogP contribution in [0.1, 0.15) is 18.4 Å². The van der Waals surface area contributed by atoms with Crippen LogP contribution in [0.2, 0.25) is 0 Å². The molecule has 0 spiro atoms. The third-order valence-corrected chi connectivity index (χ3v) is 5.18. The molecule has 0 atom stereocenters. The van der Waals surface area contributed by atoms with Crippen LogP contribution in [0, 0.1) is 6.92 Å². The van der Waals surface area contributed by atoms with Crippen LogP contribution in [0.4, 0.5) is 0 Å². The van der Waals surface area contributed by atoms with Gasteiger partial charge in [0, 0.05) is 18.1 Å². The fourth-order valence-corrected chi connectivity index (χ4v) is 3.87.